The van der Waals surface area contributed by atoms with E-state index >= 15 is 0 Å². The summed E-state index contributed by atoms with van der Waals surface area (Å²) in [7, 11) is 0. The van der Waals surface area contributed by atoms with Gasteiger partial charge in [-0.15, -0.1) is 34.8 Å². The van der Waals surface area contributed by atoms with Gasteiger partial charge in [0.25, 0.3) is 0 Å². The molecule has 5 rings (SSSR count). The third kappa shape index (κ3) is 43.4. The van der Waals surface area contributed by atoms with Gasteiger partial charge < -0.3 is 10.6 Å². The van der Waals surface area contributed by atoms with Gasteiger partial charge in [-0.3, -0.25) is 0 Å². The second-order valence-electron chi connectivity index (χ2n) is 6.20. The number of nitriles is 4. The maximum Gasteiger partial charge on any atom is 0.450 e. The van der Waals surface area contributed by atoms with Crippen molar-refractivity contribution in [2.24, 2.45) is 0 Å². The number of alkyl halides is 3. The number of rotatable bonds is 0. The molecule has 212 valence electrons. The lowest BCUT2D eigenvalue weighted by molar-refractivity contribution is 1.24. The van der Waals surface area contributed by atoms with E-state index in [0.29, 0.717) is 16.7 Å². The van der Waals surface area contributed by atoms with Crippen LogP contribution >= 0.6 is 69.2 Å². The van der Waals surface area contributed by atoms with E-state index in [4.69, 9.17) is 55.4 Å². The maximum absolute atomic E-state index is 8.45. The molecule has 14 heteroatoms. The van der Waals surface area contributed by atoms with Crippen molar-refractivity contribution in [1.29, 1.82) is 21.0 Å². The van der Waals surface area contributed by atoms with Crippen LogP contribution in [-0.2, 0) is 0 Å². The standard InChI is InChI=1S/C8H4N2.C7H3N3.C3H6.2C2H5N.3CH3Cl.BCl3/c9-5-7-3-1-2-4-8(7)6-10;8-4-6-2-1-3-10-7(6)5-9;3*1-2-3-1;3*1-2;2-1(3)4/h1-4H;1-3H;1-3H2;2*3H,1-2H2;3*1H3;. The molecule has 3 heterocycles. The first-order valence-corrected chi connectivity index (χ1v) is 14.7. The summed E-state index contributed by atoms with van der Waals surface area (Å²) in [5.41, 5.74) is 1.38. The quantitative estimate of drug-likeness (QED) is 0.179. The van der Waals surface area contributed by atoms with Crippen molar-refractivity contribution in [3.8, 4) is 24.3 Å². The van der Waals surface area contributed by atoms with Crippen molar-refractivity contribution in [3.05, 3.63) is 65.0 Å². The van der Waals surface area contributed by atoms with Crippen LogP contribution in [0.15, 0.2) is 42.6 Å². The molecule has 0 unspecified atom stereocenters. The maximum atomic E-state index is 8.45. The van der Waals surface area contributed by atoms with E-state index in [2.05, 4.69) is 50.4 Å². The lowest BCUT2D eigenvalue weighted by Crippen LogP contribution is -1.85. The summed E-state index contributed by atoms with van der Waals surface area (Å²) < 4.78 is 0. The summed E-state index contributed by atoms with van der Waals surface area (Å²) in [6.07, 6.45) is 10.4. The lowest BCUT2D eigenvalue weighted by Gasteiger charge is -1.88. The average molecular weight is 654 g/mol. The number of hydrogen-bond donors (Lipinski definition) is 2. The van der Waals surface area contributed by atoms with Crippen LogP contribution in [0.5, 0.6) is 0 Å². The molecule has 3 aliphatic rings. The van der Waals surface area contributed by atoms with E-state index in [0.717, 1.165) is 0 Å². The van der Waals surface area contributed by atoms with Crippen LogP contribution in [0.4, 0.5) is 0 Å². The molecule has 1 aliphatic carbocycles. The fourth-order valence-corrected chi connectivity index (χ4v) is 1.26. The number of nitrogens with one attached hydrogen (secondary N) is 2. The summed E-state index contributed by atoms with van der Waals surface area (Å²) in [5.74, 6) is 0. The minimum absolute atomic E-state index is 0.185. The van der Waals surface area contributed by atoms with Crippen LogP contribution in [0.2, 0.25) is 0 Å². The molecule has 39 heavy (non-hydrogen) atoms. The summed E-state index contributed by atoms with van der Waals surface area (Å²) >= 11 is 28.3. The molecule has 1 saturated carbocycles. The highest BCUT2D eigenvalue weighted by Crippen LogP contribution is 2.14. The van der Waals surface area contributed by atoms with E-state index in [1.54, 1.807) is 36.4 Å². The first-order valence-electron chi connectivity index (χ1n) is 11.1. The summed E-state index contributed by atoms with van der Waals surface area (Å²) in [6, 6.07) is 17.4. The Kier molecular flexibility index (Phi) is 43.2. The Hall–Kier alpha value is -1.95. The Morgan fingerprint density at radius 2 is 0.923 bits per heavy atom. The van der Waals surface area contributed by atoms with Crippen LogP contribution in [0.25, 0.3) is 0 Å². The molecular formula is C25H32BCl6N7. The van der Waals surface area contributed by atoms with E-state index in [-0.39, 0.29) is 5.69 Å². The van der Waals surface area contributed by atoms with E-state index in [1.165, 1.54) is 70.8 Å². The largest absolute Gasteiger partial charge is 0.450 e. The summed E-state index contributed by atoms with van der Waals surface area (Å²) in [4.78, 5) is 2.93. The predicted octanol–water partition coefficient (Wildman–Crippen LogP) is 6.86. The molecule has 0 amide bonds. The highest BCUT2D eigenvalue weighted by Gasteiger charge is 1.98. The van der Waals surface area contributed by atoms with Crippen LogP contribution in [0, 0.1) is 45.3 Å². The van der Waals surface area contributed by atoms with Crippen LogP contribution in [0.3, 0.4) is 0 Å². The molecule has 2 saturated heterocycles. The number of nitrogens with zero attached hydrogens (tertiary/aromatic N) is 5. The molecule has 1 aromatic heterocycles. The highest BCUT2D eigenvalue weighted by molar-refractivity contribution is 7.54. The SMILES string of the molecule is C1CC1.C1CN1.C1CN1.CCl.CCl.CCl.ClB(Cl)Cl.N#Cc1ccccc1C#N.N#Cc1cccnc1C#N. The number of hydrogen-bond acceptors (Lipinski definition) is 7. The van der Waals surface area contributed by atoms with E-state index < -0.39 is 4.96 Å². The number of aromatic nitrogens is 1. The zero-order valence-electron chi connectivity index (χ0n) is 22.1. The smallest absolute Gasteiger partial charge is 0.314 e. The third-order valence-corrected chi connectivity index (χ3v) is 3.06. The topological polar surface area (TPSA) is 152 Å². The zero-order chi connectivity index (χ0) is 30.7. The lowest BCUT2D eigenvalue weighted by atomic mass is 10.1. The predicted molar refractivity (Wildman–Crippen MR) is 168 cm³/mol. The van der Waals surface area contributed by atoms with Gasteiger partial charge in [-0.2, -0.15) is 55.4 Å². The van der Waals surface area contributed by atoms with E-state index in [9.17, 15) is 0 Å². The van der Waals surface area contributed by atoms with Gasteiger partial charge >= 0.3 is 4.96 Å². The average Bonchev–Trinajstić information content (AvgIpc) is 3.85. The third-order valence-electron chi connectivity index (χ3n) is 3.06. The number of pyridine rings is 1. The second-order valence-corrected chi connectivity index (χ2v) is 8.18. The zero-order valence-corrected chi connectivity index (χ0v) is 26.6. The highest BCUT2D eigenvalue weighted by atomic mass is 35.6. The Labute approximate surface area is 263 Å². The fourth-order valence-electron chi connectivity index (χ4n) is 1.26. The van der Waals surface area contributed by atoms with Crippen molar-refractivity contribution in [1.82, 2.24) is 15.6 Å². The van der Waals surface area contributed by atoms with E-state index in [1.807, 2.05) is 24.3 Å². The Balaban J connectivity index is -0.000000194. The van der Waals surface area contributed by atoms with Crippen LogP contribution < -0.4 is 10.6 Å². The van der Waals surface area contributed by atoms with Crippen molar-refractivity contribution in [3.63, 3.8) is 0 Å². The minimum atomic E-state index is -0.750. The summed E-state index contributed by atoms with van der Waals surface area (Å²) in [6.45, 7) is 5.00. The van der Waals surface area contributed by atoms with Gasteiger partial charge in [0.15, 0.2) is 5.69 Å². The first kappa shape index (κ1) is 44.1. The monoisotopic (exact) mass is 651 g/mol. The molecule has 2 aliphatic heterocycles. The van der Waals surface area contributed by atoms with Gasteiger partial charge in [-0.1, -0.05) is 31.4 Å². The Morgan fingerprint density at radius 3 is 1.13 bits per heavy atom. The van der Waals surface area contributed by atoms with Gasteiger partial charge in [0.05, 0.1) is 16.7 Å². The molecule has 0 atom stereocenters. The first-order chi connectivity index (χ1) is 19.0. The molecule has 2 aromatic rings. The van der Waals surface area contributed by atoms with Gasteiger partial charge in [-0.25, -0.2) is 4.98 Å². The molecule has 0 radical (unpaired) electrons. The van der Waals surface area contributed by atoms with Gasteiger partial charge in [0, 0.05) is 51.5 Å². The Bertz CT molecular complexity index is 822. The van der Waals surface area contributed by atoms with Gasteiger partial charge in [0.1, 0.15) is 24.3 Å². The normalized spacial score (nSPS) is 10.7. The van der Waals surface area contributed by atoms with Crippen molar-refractivity contribution < 1.29 is 0 Å². The van der Waals surface area contributed by atoms with Crippen LogP contribution in [-0.4, -0.2) is 55.3 Å². The number of halogens is 6. The van der Waals surface area contributed by atoms with Gasteiger partial charge in [0.2, 0.25) is 0 Å². The van der Waals surface area contributed by atoms with Gasteiger partial charge in [-0.05, 0) is 24.3 Å². The molecule has 0 bridgehead atoms. The van der Waals surface area contributed by atoms with Crippen molar-refractivity contribution in [2.45, 2.75) is 19.3 Å². The molecule has 7 nitrogen and oxygen atoms in total. The van der Waals surface area contributed by atoms with Crippen LogP contribution in [0.1, 0.15) is 41.6 Å². The minimum Gasteiger partial charge on any atom is -0.314 e. The molecule has 0 spiro atoms. The molecular weight excluding hydrogens is 622 g/mol. The van der Waals surface area contributed by atoms with Crippen molar-refractivity contribution >= 4 is 74.1 Å². The fraction of sp³-hybridized carbons (Fsp3) is 0.400. The van der Waals surface area contributed by atoms with Crippen molar-refractivity contribution in [2.75, 3.05) is 45.3 Å². The molecule has 2 N–H and O–H groups in total. The molecule has 1 aromatic carbocycles. The molecule has 3 fully saturated rings. The second kappa shape index (κ2) is 38.2. The Morgan fingerprint density at radius 1 is 0.615 bits per heavy atom. The summed E-state index contributed by atoms with van der Waals surface area (Å²) in [5, 5.41) is 39.7. The number of benzene rings is 1.